The van der Waals surface area contributed by atoms with Crippen LogP contribution in [0.3, 0.4) is 0 Å². The van der Waals surface area contributed by atoms with Gasteiger partial charge in [-0.2, -0.15) is 0 Å². The van der Waals surface area contributed by atoms with Crippen molar-refractivity contribution in [3.63, 3.8) is 0 Å². The van der Waals surface area contributed by atoms with Crippen LogP contribution in [0.25, 0.3) is 22.3 Å². The van der Waals surface area contributed by atoms with E-state index in [0.717, 1.165) is 45.1 Å². The maximum atomic E-state index is 13.5. The minimum absolute atomic E-state index is 0.0313. The third kappa shape index (κ3) is 5.34. The Morgan fingerprint density at radius 3 is 2.48 bits per heavy atom. The first-order valence-corrected chi connectivity index (χ1v) is 15.3. The number of phenols is 1. The van der Waals surface area contributed by atoms with Crippen molar-refractivity contribution in [3.05, 3.63) is 57.2 Å². The molecule has 1 aromatic heterocycles. The van der Waals surface area contributed by atoms with Gasteiger partial charge in [0.1, 0.15) is 22.5 Å². The minimum atomic E-state index is -0.894. The zero-order chi connectivity index (χ0) is 29.5. The number of rotatable bonds is 5. The summed E-state index contributed by atoms with van der Waals surface area (Å²) in [5, 5.41) is 33.3. The third-order valence-electron chi connectivity index (χ3n) is 9.36. The molecule has 6 rings (SSSR count). The van der Waals surface area contributed by atoms with Gasteiger partial charge in [0, 0.05) is 60.5 Å². The lowest BCUT2D eigenvalue weighted by molar-refractivity contribution is 0.0639. The Balaban J connectivity index is 1.53. The van der Waals surface area contributed by atoms with Gasteiger partial charge < -0.3 is 34.4 Å². The number of anilines is 1. The molecule has 1 amide bonds. The number of aliphatic hydroxyl groups excluding tert-OH is 1. The number of fused-ring (bicyclic) bond motifs is 1. The highest BCUT2D eigenvalue weighted by molar-refractivity contribution is 6.33. The van der Waals surface area contributed by atoms with Crippen LogP contribution in [0.2, 0.25) is 5.02 Å². The number of aromatic hydroxyl groups is 1. The molecule has 0 radical (unpaired) electrons. The first-order valence-electron chi connectivity index (χ1n) is 14.9. The van der Waals surface area contributed by atoms with Crippen LogP contribution >= 0.6 is 11.6 Å². The molecular weight excluding hydrogens is 558 g/mol. The molecule has 42 heavy (non-hydrogen) atoms. The monoisotopic (exact) mass is 595 g/mol. The summed E-state index contributed by atoms with van der Waals surface area (Å²) in [6, 6.07) is 9.91. The number of hydrogen-bond acceptors (Lipinski definition) is 7. The van der Waals surface area contributed by atoms with E-state index in [1.165, 1.54) is 6.07 Å². The van der Waals surface area contributed by atoms with Crippen molar-refractivity contribution in [1.82, 2.24) is 9.80 Å². The van der Waals surface area contributed by atoms with E-state index in [1.807, 2.05) is 13.1 Å². The van der Waals surface area contributed by atoms with Crippen LogP contribution in [0, 0.1) is 0 Å². The van der Waals surface area contributed by atoms with Crippen LogP contribution in [-0.4, -0.2) is 82.6 Å². The summed E-state index contributed by atoms with van der Waals surface area (Å²) in [7, 11) is 1.96. The van der Waals surface area contributed by atoms with Crippen LogP contribution < -0.4 is 10.3 Å². The third-order valence-corrected chi connectivity index (χ3v) is 9.69. The fourth-order valence-electron chi connectivity index (χ4n) is 7.00. The number of carboxylic acid groups (broad SMARTS) is 1. The number of halogens is 1. The maximum absolute atomic E-state index is 13.5. The normalized spacial score (nSPS) is 23.9. The molecule has 1 aliphatic carbocycles. The number of phenolic OH excluding ortho intramolecular Hbond substituents is 1. The van der Waals surface area contributed by atoms with Gasteiger partial charge >= 0.3 is 6.09 Å². The summed E-state index contributed by atoms with van der Waals surface area (Å²) in [5.74, 6) is -0.262. The van der Waals surface area contributed by atoms with E-state index in [9.17, 15) is 24.9 Å². The molecule has 224 valence electrons. The van der Waals surface area contributed by atoms with Crippen molar-refractivity contribution in [3.8, 4) is 17.1 Å². The maximum Gasteiger partial charge on any atom is 0.407 e. The Labute approximate surface area is 249 Å². The van der Waals surface area contributed by atoms with Gasteiger partial charge in [-0.25, -0.2) is 4.79 Å². The largest absolute Gasteiger partial charge is 0.507 e. The second kappa shape index (κ2) is 11.8. The first-order chi connectivity index (χ1) is 20.2. The van der Waals surface area contributed by atoms with Gasteiger partial charge in [0.15, 0.2) is 5.43 Å². The van der Waals surface area contributed by atoms with Crippen LogP contribution in [0.5, 0.6) is 5.75 Å². The number of likely N-dealkylation sites (N-methyl/N-ethyl adjacent to an activating group) is 1. The number of piperidine rings is 1. The number of carbonyl (C=O) groups is 1. The SMILES string of the molecule is CN1CC[C@H](c2c(N3CCCCC(N(C(=O)O)C4CCC4)C3)cc(O)c3c(=O)cc(-c4ccccc4Cl)oc23)[C@H](O)C1. The van der Waals surface area contributed by atoms with E-state index in [0.29, 0.717) is 47.9 Å². The number of aliphatic hydroxyl groups is 1. The van der Waals surface area contributed by atoms with Crippen LogP contribution in [-0.2, 0) is 0 Å². The van der Waals surface area contributed by atoms with Crippen molar-refractivity contribution < 1.29 is 24.5 Å². The molecule has 2 aliphatic heterocycles. The lowest BCUT2D eigenvalue weighted by Crippen LogP contribution is -2.53. The smallest absolute Gasteiger partial charge is 0.407 e. The van der Waals surface area contributed by atoms with E-state index in [2.05, 4.69) is 9.80 Å². The number of amides is 1. The molecule has 9 nitrogen and oxygen atoms in total. The Morgan fingerprint density at radius 2 is 1.79 bits per heavy atom. The Bertz CT molecular complexity index is 1540. The molecule has 10 heteroatoms. The molecule has 3 heterocycles. The average molecular weight is 596 g/mol. The van der Waals surface area contributed by atoms with E-state index < -0.39 is 17.6 Å². The topological polar surface area (TPSA) is 118 Å². The van der Waals surface area contributed by atoms with Crippen LogP contribution in [0.15, 0.2) is 45.6 Å². The number of benzene rings is 2. The first kappa shape index (κ1) is 28.8. The summed E-state index contributed by atoms with van der Waals surface area (Å²) in [4.78, 5) is 31.8. The van der Waals surface area contributed by atoms with Gasteiger partial charge in [-0.3, -0.25) is 4.79 Å². The van der Waals surface area contributed by atoms with Gasteiger partial charge in [0.05, 0.1) is 17.2 Å². The molecule has 3 fully saturated rings. The van der Waals surface area contributed by atoms with Gasteiger partial charge in [0.25, 0.3) is 0 Å². The molecular formula is C32H38ClN3O6. The van der Waals surface area contributed by atoms with Crippen molar-refractivity contribution in [1.29, 1.82) is 0 Å². The second-order valence-electron chi connectivity index (χ2n) is 12.1. The van der Waals surface area contributed by atoms with Gasteiger partial charge in [-0.1, -0.05) is 23.7 Å². The summed E-state index contributed by atoms with van der Waals surface area (Å²) < 4.78 is 6.49. The Morgan fingerprint density at radius 1 is 1.02 bits per heavy atom. The number of likely N-dealkylation sites (tertiary alicyclic amines) is 1. The minimum Gasteiger partial charge on any atom is -0.507 e. The lowest BCUT2D eigenvalue weighted by atomic mass is 9.84. The van der Waals surface area contributed by atoms with Crippen molar-refractivity contribution >= 4 is 34.4 Å². The van der Waals surface area contributed by atoms with Gasteiger partial charge in [-0.15, -0.1) is 0 Å². The fourth-order valence-corrected chi connectivity index (χ4v) is 7.23. The zero-order valence-electron chi connectivity index (χ0n) is 23.8. The van der Waals surface area contributed by atoms with Crippen molar-refractivity contribution in [2.24, 2.45) is 0 Å². The summed E-state index contributed by atoms with van der Waals surface area (Å²) in [6.45, 7) is 2.31. The lowest BCUT2D eigenvalue weighted by Gasteiger charge is -2.42. The highest BCUT2D eigenvalue weighted by Crippen LogP contribution is 2.44. The summed E-state index contributed by atoms with van der Waals surface area (Å²) >= 11 is 6.49. The van der Waals surface area contributed by atoms with Crippen LogP contribution in [0.4, 0.5) is 10.5 Å². The predicted molar refractivity (Wildman–Crippen MR) is 163 cm³/mol. The molecule has 1 saturated carbocycles. The fraction of sp³-hybridized carbons (Fsp3) is 0.500. The van der Waals surface area contributed by atoms with Crippen molar-refractivity contribution in [2.75, 3.05) is 38.1 Å². The van der Waals surface area contributed by atoms with E-state index in [-0.39, 0.29) is 40.5 Å². The molecule has 3 N–H and O–H groups in total. The number of β-amino-alcohol motifs (C(OH)–C–C–N with tert-alkyl or cyclic N) is 1. The molecule has 3 aromatic rings. The molecule has 3 atom stereocenters. The highest BCUT2D eigenvalue weighted by atomic mass is 35.5. The molecule has 0 bridgehead atoms. The predicted octanol–water partition coefficient (Wildman–Crippen LogP) is 5.49. The van der Waals surface area contributed by atoms with Gasteiger partial charge in [0.2, 0.25) is 0 Å². The molecule has 1 unspecified atom stereocenters. The molecule has 3 aliphatic rings. The molecule has 0 spiro atoms. The van der Waals surface area contributed by atoms with E-state index in [4.69, 9.17) is 16.0 Å². The summed E-state index contributed by atoms with van der Waals surface area (Å²) in [6.07, 6.45) is 4.30. The van der Waals surface area contributed by atoms with Crippen LogP contribution in [0.1, 0.15) is 56.4 Å². The Hall–Kier alpha value is -3.27. The van der Waals surface area contributed by atoms with E-state index in [1.54, 1.807) is 29.2 Å². The van der Waals surface area contributed by atoms with Gasteiger partial charge in [-0.05, 0) is 70.7 Å². The van der Waals surface area contributed by atoms with E-state index >= 15 is 0 Å². The quantitative estimate of drug-likeness (QED) is 0.354. The summed E-state index contributed by atoms with van der Waals surface area (Å²) in [5.41, 5.74) is 1.77. The second-order valence-corrected chi connectivity index (χ2v) is 12.5. The molecule has 2 aromatic carbocycles. The average Bonchev–Trinajstić information content (AvgIpc) is 3.17. The van der Waals surface area contributed by atoms with Crippen molar-refractivity contribution in [2.45, 2.75) is 69.1 Å². The highest BCUT2D eigenvalue weighted by Gasteiger charge is 2.38. The number of hydrogen-bond donors (Lipinski definition) is 3. The molecule has 2 saturated heterocycles. The Kier molecular flexibility index (Phi) is 8.09. The standard InChI is InChI=1S/C32H38ClN3O6/c1-34-14-12-22(27(39)18-34)29-24(35-13-5-4-7-20(17-35)36(32(40)41)19-8-6-9-19)15-25(37)30-26(38)16-28(42-31(29)30)21-10-2-3-11-23(21)33/h2-3,10-11,15-16,19-20,22,27,37,39H,4-9,12-14,17-18H2,1H3,(H,40,41)/t20?,22-,27+/m0/s1. The number of nitrogens with zero attached hydrogens (tertiary/aromatic N) is 3. The zero-order valence-corrected chi connectivity index (χ0v) is 24.6.